The Hall–Kier alpha value is -3.17. The molecule has 1 saturated carbocycles. The van der Waals surface area contributed by atoms with Gasteiger partial charge >= 0.3 is 0 Å². The van der Waals surface area contributed by atoms with Gasteiger partial charge in [-0.1, -0.05) is 62.4 Å². The van der Waals surface area contributed by atoms with Crippen molar-refractivity contribution in [3.63, 3.8) is 0 Å². The minimum atomic E-state index is -0.917. The zero-order valence-corrected chi connectivity index (χ0v) is 21.2. The number of nitrogens with one attached hydrogen (secondary N) is 1. The summed E-state index contributed by atoms with van der Waals surface area (Å²) in [6, 6.07) is 19.6. The highest BCUT2D eigenvalue weighted by atomic mass is 16.5. The lowest BCUT2D eigenvalue weighted by Crippen LogP contribution is -2.51. The number of nitriles is 1. The van der Waals surface area contributed by atoms with Crippen LogP contribution in [-0.4, -0.2) is 42.3 Å². The van der Waals surface area contributed by atoms with Crippen LogP contribution in [0.5, 0.6) is 5.75 Å². The Bertz CT molecular complexity index is 1060. The smallest absolute Gasteiger partial charge is 0.224 e. The lowest BCUT2D eigenvalue weighted by atomic mass is 9.80. The van der Waals surface area contributed by atoms with Crippen LogP contribution in [0.15, 0.2) is 54.6 Å². The van der Waals surface area contributed by atoms with E-state index < -0.39 is 11.5 Å². The number of carbonyl (C=O) groups excluding carboxylic acids is 2. The minimum absolute atomic E-state index is 0.0447. The van der Waals surface area contributed by atoms with Gasteiger partial charge in [0, 0.05) is 37.5 Å². The molecule has 0 radical (unpaired) electrons. The fourth-order valence-corrected chi connectivity index (χ4v) is 5.65. The molecule has 1 saturated heterocycles. The Morgan fingerprint density at radius 3 is 2.50 bits per heavy atom. The van der Waals surface area contributed by atoms with Crippen molar-refractivity contribution in [1.29, 1.82) is 5.26 Å². The van der Waals surface area contributed by atoms with Crippen LogP contribution in [0.4, 0.5) is 0 Å². The predicted molar refractivity (Wildman–Crippen MR) is 139 cm³/mol. The van der Waals surface area contributed by atoms with Crippen LogP contribution in [0.3, 0.4) is 0 Å². The molecular formula is C30H37N3O3. The van der Waals surface area contributed by atoms with Crippen LogP contribution in [0, 0.1) is 23.2 Å². The van der Waals surface area contributed by atoms with Crippen molar-refractivity contribution in [3.8, 4) is 11.8 Å². The number of benzene rings is 2. The van der Waals surface area contributed by atoms with E-state index in [1.54, 1.807) is 31.4 Å². The average Bonchev–Trinajstić information content (AvgIpc) is 3.32. The molecule has 6 nitrogen and oxygen atoms in total. The highest BCUT2D eigenvalue weighted by Gasteiger charge is 2.41. The number of ketones is 1. The van der Waals surface area contributed by atoms with Gasteiger partial charge in [-0.3, -0.25) is 14.5 Å². The molecule has 0 aromatic heterocycles. The molecule has 1 aliphatic heterocycles. The monoisotopic (exact) mass is 487 g/mol. The molecule has 2 unspecified atom stereocenters. The van der Waals surface area contributed by atoms with E-state index in [0.717, 1.165) is 25.9 Å². The molecule has 2 aliphatic rings. The molecule has 190 valence electrons. The van der Waals surface area contributed by atoms with E-state index in [1.807, 2.05) is 18.2 Å². The van der Waals surface area contributed by atoms with Gasteiger partial charge in [0.2, 0.25) is 5.91 Å². The van der Waals surface area contributed by atoms with E-state index in [2.05, 4.69) is 28.4 Å². The molecule has 1 amide bonds. The number of methoxy groups -OCH3 is 1. The molecule has 1 aliphatic carbocycles. The normalized spacial score (nSPS) is 21.4. The van der Waals surface area contributed by atoms with Gasteiger partial charge in [0.1, 0.15) is 11.3 Å². The number of carbonyl (C=O) groups is 2. The Morgan fingerprint density at radius 1 is 1.11 bits per heavy atom. The van der Waals surface area contributed by atoms with Gasteiger partial charge < -0.3 is 10.1 Å². The van der Waals surface area contributed by atoms with Gasteiger partial charge in [0.25, 0.3) is 0 Å². The third-order valence-corrected chi connectivity index (χ3v) is 7.73. The first-order chi connectivity index (χ1) is 17.5. The molecular weight excluding hydrogens is 450 g/mol. The first-order valence-corrected chi connectivity index (χ1v) is 13.2. The van der Waals surface area contributed by atoms with Crippen molar-refractivity contribution in [2.75, 3.05) is 20.2 Å². The number of hydrogen-bond donors (Lipinski definition) is 1. The molecule has 0 spiro atoms. The molecule has 2 aromatic rings. The molecule has 36 heavy (non-hydrogen) atoms. The highest BCUT2D eigenvalue weighted by Crippen LogP contribution is 2.32. The van der Waals surface area contributed by atoms with Crippen molar-refractivity contribution < 1.29 is 14.3 Å². The lowest BCUT2D eigenvalue weighted by molar-refractivity contribution is -0.127. The lowest BCUT2D eigenvalue weighted by Gasteiger charge is -2.29. The number of nitrogens with zero attached hydrogens (tertiary/aromatic N) is 2. The summed E-state index contributed by atoms with van der Waals surface area (Å²) >= 11 is 0. The van der Waals surface area contributed by atoms with Gasteiger partial charge in [-0.25, -0.2) is 0 Å². The Kier molecular flexibility index (Phi) is 8.77. The summed E-state index contributed by atoms with van der Waals surface area (Å²) in [5, 5.41) is 13.2. The molecule has 0 bridgehead atoms. The maximum absolute atomic E-state index is 13.6. The Morgan fingerprint density at radius 2 is 1.83 bits per heavy atom. The van der Waals surface area contributed by atoms with Crippen molar-refractivity contribution in [3.05, 3.63) is 65.7 Å². The number of Topliss-reactive ketones (excluding diaryl/α,β-unsaturated/α-hetero) is 1. The van der Waals surface area contributed by atoms with Crippen molar-refractivity contribution in [2.45, 2.75) is 63.5 Å². The summed E-state index contributed by atoms with van der Waals surface area (Å²) in [4.78, 5) is 29.0. The van der Waals surface area contributed by atoms with Crippen LogP contribution in [-0.2, 0) is 11.3 Å². The number of rotatable bonds is 10. The van der Waals surface area contributed by atoms with Gasteiger partial charge in [-0.05, 0) is 48.6 Å². The Balaban J connectivity index is 1.44. The fraction of sp³-hybridized carbons (Fsp3) is 0.500. The summed E-state index contributed by atoms with van der Waals surface area (Å²) in [5.41, 5.74) is 0.861. The van der Waals surface area contributed by atoms with Crippen LogP contribution in [0.2, 0.25) is 0 Å². The number of ether oxygens (including phenoxy) is 1. The summed E-state index contributed by atoms with van der Waals surface area (Å²) in [6.07, 6.45) is 7.26. The third-order valence-electron chi connectivity index (χ3n) is 7.73. The first-order valence-electron chi connectivity index (χ1n) is 13.2. The summed E-state index contributed by atoms with van der Waals surface area (Å²) in [7, 11) is 1.59. The summed E-state index contributed by atoms with van der Waals surface area (Å²) in [6.45, 7) is 2.00. The molecule has 1 heterocycles. The van der Waals surface area contributed by atoms with Crippen LogP contribution in [0.25, 0.3) is 0 Å². The topological polar surface area (TPSA) is 82.4 Å². The maximum Gasteiger partial charge on any atom is 0.224 e. The molecule has 4 rings (SSSR count). The first kappa shape index (κ1) is 25.9. The zero-order valence-electron chi connectivity index (χ0n) is 21.2. The van der Waals surface area contributed by atoms with E-state index in [4.69, 9.17) is 4.74 Å². The van der Waals surface area contributed by atoms with Crippen LogP contribution in [0.1, 0.15) is 67.3 Å². The Labute approximate surface area is 214 Å². The van der Waals surface area contributed by atoms with Gasteiger partial charge in [-0.15, -0.1) is 0 Å². The van der Waals surface area contributed by atoms with Crippen molar-refractivity contribution in [1.82, 2.24) is 10.2 Å². The summed E-state index contributed by atoms with van der Waals surface area (Å²) < 4.78 is 5.20. The van der Waals surface area contributed by atoms with Crippen LogP contribution < -0.4 is 10.1 Å². The second-order valence-electron chi connectivity index (χ2n) is 10.4. The molecule has 2 fully saturated rings. The highest BCUT2D eigenvalue weighted by molar-refractivity contribution is 5.98. The van der Waals surface area contributed by atoms with Crippen molar-refractivity contribution in [2.24, 2.45) is 11.8 Å². The van der Waals surface area contributed by atoms with E-state index >= 15 is 0 Å². The van der Waals surface area contributed by atoms with Gasteiger partial charge in [0.15, 0.2) is 5.78 Å². The van der Waals surface area contributed by atoms with Gasteiger partial charge in [0.05, 0.1) is 13.2 Å². The summed E-state index contributed by atoms with van der Waals surface area (Å²) in [5.74, 6) is 0.507. The van der Waals surface area contributed by atoms with E-state index in [9.17, 15) is 14.9 Å². The van der Waals surface area contributed by atoms with Crippen LogP contribution >= 0.6 is 0 Å². The number of hydrogen-bond acceptors (Lipinski definition) is 5. The number of likely N-dealkylation sites (tertiary alicyclic amines) is 1. The quantitative estimate of drug-likeness (QED) is 0.469. The van der Waals surface area contributed by atoms with Gasteiger partial charge in [-0.2, -0.15) is 5.26 Å². The van der Waals surface area contributed by atoms with E-state index in [0.29, 0.717) is 36.6 Å². The molecule has 2 atom stereocenters. The molecule has 6 heteroatoms. The molecule has 2 aromatic carbocycles. The second-order valence-corrected chi connectivity index (χ2v) is 10.4. The predicted octanol–water partition coefficient (Wildman–Crippen LogP) is 5.14. The third kappa shape index (κ3) is 6.73. The average molecular weight is 488 g/mol. The standard InChI is InChI=1S/C30H37N3O3/c1-36-27-14-12-25(13-15-27)28(34)19-26(18-23-8-4-2-5-9-23)29(35)32-30(21-31)16-17-33(22-30)20-24-10-6-3-7-11-24/h3,6-7,10-15,23,26H,2,4-5,8-9,16-20,22H2,1H3,(H,32,35). The largest absolute Gasteiger partial charge is 0.497 e. The minimum Gasteiger partial charge on any atom is -0.497 e. The maximum atomic E-state index is 13.6. The van der Waals surface area contributed by atoms with Crippen molar-refractivity contribution >= 4 is 11.7 Å². The van der Waals surface area contributed by atoms with E-state index in [-0.39, 0.29) is 18.1 Å². The molecule has 1 N–H and O–H groups in total. The number of amides is 1. The van der Waals surface area contributed by atoms with E-state index in [1.165, 1.54) is 24.8 Å². The second kappa shape index (κ2) is 12.2. The fourth-order valence-electron chi connectivity index (χ4n) is 5.65. The SMILES string of the molecule is COc1ccc(C(=O)CC(CC2CCCCC2)C(=O)NC2(C#N)CCN(Cc3ccccc3)C2)cc1. The zero-order chi connectivity index (χ0) is 25.4.